The van der Waals surface area contributed by atoms with Crippen LogP contribution in [0.15, 0.2) is 12.4 Å². The van der Waals surface area contributed by atoms with Gasteiger partial charge in [-0.1, -0.05) is 28.8 Å². The molecule has 0 saturated heterocycles. The molecule has 0 radical (unpaired) electrons. The van der Waals surface area contributed by atoms with Gasteiger partial charge in [-0.15, -0.1) is 0 Å². The first kappa shape index (κ1) is 11.2. The SMILES string of the molecule is Cn1cc(CCC2(CBr)CCCC2)cn1. The van der Waals surface area contributed by atoms with E-state index in [1.54, 1.807) is 0 Å². The maximum Gasteiger partial charge on any atom is 0.0521 e. The van der Waals surface area contributed by atoms with Gasteiger partial charge in [0.2, 0.25) is 0 Å². The van der Waals surface area contributed by atoms with Gasteiger partial charge in [0.05, 0.1) is 6.20 Å². The first-order chi connectivity index (χ1) is 7.24. The van der Waals surface area contributed by atoms with E-state index in [0.717, 1.165) is 0 Å². The minimum Gasteiger partial charge on any atom is -0.276 e. The fourth-order valence-electron chi connectivity index (χ4n) is 2.59. The second-order valence-corrected chi connectivity index (χ2v) is 5.42. The second-order valence-electron chi connectivity index (χ2n) is 4.86. The third-order valence-electron chi connectivity index (χ3n) is 3.65. The zero-order chi connectivity index (χ0) is 10.7. The van der Waals surface area contributed by atoms with Crippen molar-refractivity contribution in [1.82, 2.24) is 9.78 Å². The molecule has 1 fully saturated rings. The highest BCUT2D eigenvalue weighted by molar-refractivity contribution is 9.09. The topological polar surface area (TPSA) is 17.8 Å². The predicted octanol–water partition coefficient (Wildman–Crippen LogP) is 3.31. The Kier molecular flexibility index (Phi) is 3.49. The van der Waals surface area contributed by atoms with Gasteiger partial charge in [0.25, 0.3) is 0 Å². The van der Waals surface area contributed by atoms with E-state index in [1.165, 1.54) is 49.4 Å². The van der Waals surface area contributed by atoms with Gasteiger partial charge in [-0.3, -0.25) is 4.68 Å². The molecule has 84 valence electrons. The van der Waals surface area contributed by atoms with E-state index in [-0.39, 0.29) is 0 Å². The van der Waals surface area contributed by atoms with Crippen molar-refractivity contribution in [2.45, 2.75) is 38.5 Å². The highest BCUT2D eigenvalue weighted by Crippen LogP contribution is 2.43. The average molecular weight is 271 g/mol. The number of alkyl halides is 1. The fourth-order valence-corrected chi connectivity index (χ4v) is 3.43. The first-order valence-electron chi connectivity index (χ1n) is 5.78. The van der Waals surface area contributed by atoms with E-state index in [9.17, 15) is 0 Å². The Bertz CT molecular complexity index is 313. The van der Waals surface area contributed by atoms with Crippen LogP contribution in [0.4, 0.5) is 0 Å². The third-order valence-corrected chi connectivity index (χ3v) is 4.84. The molecule has 1 aliphatic rings. The molecular formula is C12H19BrN2. The van der Waals surface area contributed by atoms with Crippen LogP contribution in [0.25, 0.3) is 0 Å². The standard InChI is InChI=1S/C12H19BrN2/c1-15-9-11(8-14-15)4-7-12(10-13)5-2-3-6-12/h8-9H,2-7,10H2,1H3. The minimum atomic E-state index is 0.579. The Balaban J connectivity index is 1.91. The number of hydrogen-bond donors (Lipinski definition) is 0. The molecule has 1 saturated carbocycles. The molecule has 15 heavy (non-hydrogen) atoms. The summed E-state index contributed by atoms with van der Waals surface area (Å²) in [5.74, 6) is 0. The van der Waals surface area contributed by atoms with Crippen molar-refractivity contribution < 1.29 is 0 Å². The molecule has 2 nitrogen and oxygen atoms in total. The summed E-state index contributed by atoms with van der Waals surface area (Å²) >= 11 is 3.69. The van der Waals surface area contributed by atoms with Crippen molar-refractivity contribution in [2.24, 2.45) is 12.5 Å². The van der Waals surface area contributed by atoms with Crippen LogP contribution in [0.2, 0.25) is 0 Å². The maximum absolute atomic E-state index is 4.22. The van der Waals surface area contributed by atoms with Crippen molar-refractivity contribution in [3.8, 4) is 0 Å². The molecule has 0 N–H and O–H groups in total. The van der Waals surface area contributed by atoms with Crippen LogP contribution in [0, 0.1) is 5.41 Å². The molecule has 3 heteroatoms. The summed E-state index contributed by atoms with van der Waals surface area (Å²) in [6.45, 7) is 0. The lowest BCUT2D eigenvalue weighted by molar-refractivity contribution is 0.320. The molecule has 1 aromatic heterocycles. The van der Waals surface area contributed by atoms with Gasteiger partial charge in [0, 0.05) is 18.6 Å². The maximum atomic E-state index is 4.22. The summed E-state index contributed by atoms with van der Waals surface area (Å²) in [4.78, 5) is 0. The number of aromatic nitrogens is 2. The molecular weight excluding hydrogens is 252 g/mol. The van der Waals surface area contributed by atoms with Crippen LogP contribution in [-0.4, -0.2) is 15.1 Å². The molecule has 1 heterocycles. The lowest BCUT2D eigenvalue weighted by Gasteiger charge is -2.26. The van der Waals surface area contributed by atoms with Crippen molar-refractivity contribution in [2.75, 3.05) is 5.33 Å². The van der Waals surface area contributed by atoms with E-state index < -0.39 is 0 Å². The number of halogens is 1. The fraction of sp³-hybridized carbons (Fsp3) is 0.750. The zero-order valence-corrected chi connectivity index (χ0v) is 11.0. The Hall–Kier alpha value is -0.310. The van der Waals surface area contributed by atoms with Crippen LogP contribution in [0.3, 0.4) is 0 Å². The molecule has 0 bridgehead atoms. The molecule has 0 unspecified atom stereocenters. The van der Waals surface area contributed by atoms with E-state index >= 15 is 0 Å². The second kappa shape index (κ2) is 4.69. The average Bonchev–Trinajstić information content (AvgIpc) is 2.85. The van der Waals surface area contributed by atoms with Crippen molar-refractivity contribution in [3.05, 3.63) is 18.0 Å². The highest BCUT2D eigenvalue weighted by Gasteiger charge is 2.32. The highest BCUT2D eigenvalue weighted by atomic mass is 79.9. The Labute approximate surface area is 100 Å². The minimum absolute atomic E-state index is 0.579. The normalized spacial score (nSPS) is 19.6. The molecule has 2 rings (SSSR count). The van der Waals surface area contributed by atoms with Crippen LogP contribution >= 0.6 is 15.9 Å². The largest absolute Gasteiger partial charge is 0.276 e. The quantitative estimate of drug-likeness (QED) is 0.768. The number of rotatable bonds is 4. The third kappa shape index (κ3) is 2.63. The van der Waals surface area contributed by atoms with Gasteiger partial charge in [0.15, 0.2) is 0 Å². The van der Waals surface area contributed by atoms with Gasteiger partial charge in [-0.05, 0) is 36.7 Å². The van der Waals surface area contributed by atoms with Crippen LogP contribution < -0.4 is 0 Å². The summed E-state index contributed by atoms with van der Waals surface area (Å²) in [5, 5.41) is 5.38. The molecule has 0 aromatic carbocycles. The van der Waals surface area contributed by atoms with E-state index in [2.05, 4.69) is 27.2 Å². The van der Waals surface area contributed by atoms with Crippen molar-refractivity contribution in [3.63, 3.8) is 0 Å². The zero-order valence-electron chi connectivity index (χ0n) is 9.38. The Morgan fingerprint density at radius 2 is 2.20 bits per heavy atom. The summed E-state index contributed by atoms with van der Waals surface area (Å²) in [7, 11) is 1.99. The summed E-state index contributed by atoms with van der Waals surface area (Å²) in [6.07, 6.45) is 12.3. The lowest BCUT2D eigenvalue weighted by Crippen LogP contribution is -2.18. The van der Waals surface area contributed by atoms with Gasteiger partial charge in [0.1, 0.15) is 0 Å². The smallest absolute Gasteiger partial charge is 0.0521 e. The van der Waals surface area contributed by atoms with Crippen molar-refractivity contribution in [1.29, 1.82) is 0 Å². The number of aryl methyl sites for hydroxylation is 2. The van der Waals surface area contributed by atoms with Crippen LogP contribution in [-0.2, 0) is 13.5 Å². The first-order valence-corrected chi connectivity index (χ1v) is 6.90. The van der Waals surface area contributed by atoms with E-state index in [1.807, 2.05) is 17.9 Å². The molecule has 1 aromatic rings. The lowest BCUT2D eigenvalue weighted by atomic mass is 9.83. The predicted molar refractivity (Wildman–Crippen MR) is 66.2 cm³/mol. The van der Waals surface area contributed by atoms with Crippen molar-refractivity contribution >= 4 is 15.9 Å². The molecule has 0 aliphatic heterocycles. The number of hydrogen-bond acceptors (Lipinski definition) is 1. The summed E-state index contributed by atoms with van der Waals surface area (Å²) < 4.78 is 1.89. The monoisotopic (exact) mass is 270 g/mol. The van der Waals surface area contributed by atoms with Crippen LogP contribution in [0.5, 0.6) is 0 Å². The van der Waals surface area contributed by atoms with Gasteiger partial charge < -0.3 is 0 Å². The van der Waals surface area contributed by atoms with Crippen LogP contribution in [0.1, 0.15) is 37.7 Å². The summed E-state index contributed by atoms with van der Waals surface area (Å²) in [5.41, 5.74) is 1.96. The molecule has 0 atom stereocenters. The van der Waals surface area contributed by atoms with Gasteiger partial charge >= 0.3 is 0 Å². The van der Waals surface area contributed by atoms with Gasteiger partial charge in [-0.2, -0.15) is 5.10 Å². The summed E-state index contributed by atoms with van der Waals surface area (Å²) in [6, 6.07) is 0. The molecule has 0 amide bonds. The Morgan fingerprint density at radius 1 is 1.47 bits per heavy atom. The molecule has 0 spiro atoms. The molecule has 1 aliphatic carbocycles. The van der Waals surface area contributed by atoms with Gasteiger partial charge in [-0.25, -0.2) is 0 Å². The number of nitrogens with zero attached hydrogens (tertiary/aromatic N) is 2. The Morgan fingerprint density at radius 3 is 2.73 bits per heavy atom. The van der Waals surface area contributed by atoms with E-state index in [0.29, 0.717) is 5.41 Å². The van der Waals surface area contributed by atoms with E-state index in [4.69, 9.17) is 0 Å².